The molecule has 0 amide bonds. The lowest BCUT2D eigenvalue weighted by Gasteiger charge is -2.23. The van der Waals surface area contributed by atoms with Gasteiger partial charge in [-0.15, -0.1) is 0 Å². The molecule has 1 aromatic rings. The fraction of sp³-hybridized carbons (Fsp3) is 0.571. The number of hydrogen-bond donors (Lipinski definition) is 0. The highest BCUT2D eigenvalue weighted by Gasteiger charge is 2.40. The van der Waals surface area contributed by atoms with Gasteiger partial charge in [-0.3, -0.25) is 8.22 Å². The Morgan fingerprint density at radius 2 is 1.41 bits per heavy atom. The molecule has 0 saturated heterocycles. The molecule has 0 unspecified atom stereocenters. The van der Waals surface area contributed by atoms with Gasteiger partial charge in [-0.2, -0.15) is 0 Å². The molecular formula is C14H22F2Si. The molecule has 1 rings (SSSR count). The van der Waals surface area contributed by atoms with E-state index >= 15 is 0 Å². The molecule has 0 radical (unpaired) electrons. The third kappa shape index (κ3) is 2.95. The second-order valence-electron chi connectivity index (χ2n) is 5.18. The Bertz CT molecular complexity index is 358. The van der Waals surface area contributed by atoms with Crippen LogP contribution in [0.5, 0.6) is 0 Å². The van der Waals surface area contributed by atoms with Crippen LogP contribution in [0, 0.1) is 0 Å². The molecule has 0 aromatic heterocycles. The van der Waals surface area contributed by atoms with Crippen LogP contribution >= 0.6 is 0 Å². The van der Waals surface area contributed by atoms with Gasteiger partial charge in [0.05, 0.1) is 0 Å². The zero-order valence-electron chi connectivity index (χ0n) is 11.3. The maximum atomic E-state index is 14.3. The molecule has 0 fully saturated rings. The molecule has 96 valence electrons. The Morgan fingerprint density at radius 3 is 1.71 bits per heavy atom. The summed E-state index contributed by atoms with van der Waals surface area (Å²) in [7, 11) is -4.27. The van der Waals surface area contributed by atoms with E-state index in [0.29, 0.717) is 5.19 Å². The van der Waals surface area contributed by atoms with Gasteiger partial charge in [0.15, 0.2) is 0 Å². The fourth-order valence-corrected chi connectivity index (χ4v) is 4.09. The van der Waals surface area contributed by atoms with Crippen LogP contribution < -0.4 is 5.19 Å². The summed E-state index contributed by atoms with van der Waals surface area (Å²) in [6, 6.07) is 5.63. The van der Waals surface area contributed by atoms with E-state index in [1.54, 1.807) is 6.92 Å². The average Bonchev–Trinajstić information content (AvgIpc) is 2.27. The standard InChI is InChI=1S/C14H22F2Si/c1-6-17(15,16)14-12(10(2)3)8-7-9-13(14)11(4)5/h7-11H,6H2,1-5H3. The summed E-state index contributed by atoms with van der Waals surface area (Å²) in [5, 5.41) is 0.396. The molecule has 17 heavy (non-hydrogen) atoms. The van der Waals surface area contributed by atoms with Gasteiger partial charge in [0.2, 0.25) is 0 Å². The molecule has 0 bridgehead atoms. The van der Waals surface area contributed by atoms with Crippen molar-refractivity contribution in [3.05, 3.63) is 29.3 Å². The molecule has 0 saturated carbocycles. The van der Waals surface area contributed by atoms with Gasteiger partial charge in [-0.25, -0.2) is 0 Å². The lowest BCUT2D eigenvalue weighted by Crippen LogP contribution is -2.43. The van der Waals surface area contributed by atoms with Crippen molar-refractivity contribution in [2.75, 3.05) is 0 Å². The highest BCUT2D eigenvalue weighted by atomic mass is 28.4. The summed E-state index contributed by atoms with van der Waals surface area (Å²) in [6.45, 7) is 9.56. The Labute approximate surface area is 104 Å². The summed E-state index contributed by atoms with van der Waals surface area (Å²) in [5.74, 6) is 0.322. The van der Waals surface area contributed by atoms with Crippen molar-refractivity contribution in [1.82, 2.24) is 0 Å². The van der Waals surface area contributed by atoms with Gasteiger partial charge in [0, 0.05) is 5.19 Å². The smallest absolute Gasteiger partial charge is 0.265 e. The highest BCUT2D eigenvalue weighted by molar-refractivity contribution is 6.80. The number of rotatable bonds is 4. The molecule has 3 heteroatoms. The first kappa shape index (κ1) is 14.4. The Kier molecular flexibility index (Phi) is 4.47. The number of hydrogen-bond acceptors (Lipinski definition) is 0. The van der Waals surface area contributed by atoms with E-state index < -0.39 is 8.74 Å². The maximum Gasteiger partial charge on any atom is 0.455 e. The lowest BCUT2D eigenvalue weighted by molar-refractivity contribution is 0.620. The molecule has 0 N–H and O–H groups in total. The third-order valence-corrected chi connectivity index (χ3v) is 5.38. The van der Waals surface area contributed by atoms with Gasteiger partial charge in [0.1, 0.15) is 0 Å². The van der Waals surface area contributed by atoms with Crippen molar-refractivity contribution in [2.24, 2.45) is 0 Å². The zero-order valence-corrected chi connectivity index (χ0v) is 12.3. The summed E-state index contributed by atoms with van der Waals surface area (Å²) in [5.41, 5.74) is 1.68. The van der Waals surface area contributed by atoms with Crippen molar-refractivity contribution in [3.8, 4) is 0 Å². The number of halogens is 2. The summed E-state index contributed by atoms with van der Waals surface area (Å²) < 4.78 is 28.5. The Hall–Kier alpha value is -0.703. The molecule has 0 heterocycles. The average molecular weight is 256 g/mol. The van der Waals surface area contributed by atoms with E-state index in [0.717, 1.165) is 11.1 Å². The van der Waals surface area contributed by atoms with E-state index in [4.69, 9.17) is 0 Å². The van der Waals surface area contributed by atoms with Crippen LogP contribution in [-0.4, -0.2) is 8.74 Å². The predicted molar refractivity (Wildman–Crippen MR) is 72.7 cm³/mol. The zero-order chi connectivity index (χ0) is 13.2. The summed E-state index contributed by atoms with van der Waals surface area (Å²) >= 11 is 0. The number of benzene rings is 1. The molecule has 0 aliphatic heterocycles. The molecular weight excluding hydrogens is 234 g/mol. The van der Waals surface area contributed by atoms with Gasteiger partial charge in [0.25, 0.3) is 0 Å². The normalized spacial score (nSPS) is 12.5. The van der Waals surface area contributed by atoms with Crippen molar-refractivity contribution in [3.63, 3.8) is 0 Å². The van der Waals surface area contributed by atoms with Crippen LogP contribution in [0.15, 0.2) is 18.2 Å². The minimum Gasteiger partial charge on any atom is -0.265 e. The van der Waals surface area contributed by atoms with Crippen molar-refractivity contribution in [1.29, 1.82) is 0 Å². The van der Waals surface area contributed by atoms with E-state index in [9.17, 15) is 8.22 Å². The third-order valence-electron chi connectivity index (χ3n) is 3.18. The Morgan fingerprint density at radius 1 is 1.00 bits per heavy atom. The van der Waals surface area contributed by atoms with Crippen molar-refractivity contribution < 1.29 is 8.22 Å². The maximum absolute atomic E-state index is 14.3. The molecule has 0 spiro atoms. The second kappa shape index (κ2) is 5.30. The minimum absolute atomic E-state index is 0.00352. The predicted octanol–water partition coefficient (Wildman–Crippen LogP) is 4.54. The van der Waals surface area contributed by atoms with E-state index in [2.05, 4.69) is 0 Å². The molecule has 1 aromatic carbocycles. The SMILES string of the molecule is CC[Si](F)(F)c1c(C(C)C)cccc1C(C)C. The topological polar surface area (TPSA) is 0 Å². The molecule has 0 aliphatic carbocycles. The van der Waals surface area contributed by atoms with Crippen LogP contribution in [-0.2, 0) is 0 Å². The van der Waals surface area contributed by atoms with Gasteiger partial charge < -0.3 is 0 Å². The molecule has 0 atom stereocenters. The van der Waals surface area contributed by atoms with E-state index in [1.807, 2.05) is 45.9 Å². The van der Waals surface area contributed by atoms with Crippen molar-refractivity contribution >= 4 is 13.9 Å². The van der Waals surface area contributed by atoms with Gasteiger partial charge in [-0.05, 0) is 29.0 Å². The van der Waals surface area contributed by atoms with Gasteiger partial charge in [-0.1, -0.05) is 52.8 Å². The summed E-state index contributed by atoms with van der Waals surface area (Å²) in [6.07, 6.45) is 0. The Balaban J connectivity index is 3.50. The minimum atomic E-state index is -4.27. The molecule has 0 nitrogen and oxygen atoms in total. The first-order valence-corrected chi connectivity index (χ1v) is 8.28. The quantitative estimate of drug-likeness (QED) is 0.548. The first-order valence-electron chi connectivity index (χ1n) is 6.32. The van der Waals surface area contributed by atoms with Crippen LogP contribution in [0.1, 0.15) is 57.6 Å². The first-order chi connectivity index (χ1) is 7.81. The van der Waals surface area contributed by atoms with E-state index in [1.165, 1.54) is 0 Å². The fourth-order valence-electron chi connectivity index (χ4n) is 2.15. The second-order valence-corrected chi connectivity index (χ2v) is 7.79. The summed E-state index contributed by atoms with van der Waals surface area (Å²) in [4.78, 5) is 0. The van der Waals surface area contributed by atoms with Crippen molar-refractivity contribution in [2.45, 2.75) is 52.5 Å². The van der Waals surface area contributed by atoms with E-state index in [-0.39, 0.29) is 17.9 Å². The van der Waals surface area contributed by atoms with Crippen LogP contribution in [0.3, 0.4) is 0 Å². The van der Waals surface area contributed by atoms with Crippen LogP contribution in [0.2, 0.25) is 6.04 Å². The largest absolute Gasteiger partial charge is 0.455 e. The van der Waals surface area contributed by atoms with Crippen LogP contribution in [0.4, 0.5) is 8.22 Å². The lowest BCUT2D eigenvalue weighted by atomic mass is 9.95. The molecule has 0 aliphatic rings. The highest BCUT2D eigenvalue weighted by Crippen LogP contribution is 2.26. The monoisotopic (exact) mass is 256 g/mol. The van der Waals surface area contributed by atoms with Crippen LogP contribution in [0.25, 0.3) is 0 Å². The van der Waals surface area contributed by atoms with Gasteiger partial charge >= 0.3 is 8.74 Å².